The second-order valence-electron chi connectivity index (χ2n) is 5.21. The molecule has 0 aromatic heterocycles. The molecule has 0 aliphatic rings. The highest BCUT2D eigenvalue weighted by Crippen LogP contribution is 2.33. The highest BCUT2D eigenvalue weighted by Gasteiger charge is 2.33. The number of hydrogen-bond donors (Lipinski definition) is 1. The van der Waals surface area contributed by atoms with E-state index in [0.29, 0.717) is 12.2 Å². The van der Waals surface area contributed by atoms with E-state index in [1.54, 1.807) is 18.2 Å². The molecule has 0 heterocycles. The van der Waals surface area contributed by atoms with Gasteiger partial charge < -0.3 is 9.84 Å². The second-order valence-corrected chi connectivity index (χ2v) is 5.21. The first-order valence-electron chi connectivity index (χ1n) is 5.92. The minimum atomic E-state index is -0.948. The molecule has 1 aromatic carbocycles. The maximum absolute atomic E-state index is 13.6. The van der Waals surface area contributed by atoms with Crippen LogP contribution in [0.25, 0.3) is 0 Å². The van der Waals surface area contributed by atoms with Gasteiger partial charge in [0.05, 0.1) is 6.10 Å². The fourth-order valence-electron chi connectivity index (χ4n) is 1.87. The highest BCUT2D eigenvalue weighted by atomic mass is 19.1. The van der Waals surface area contributed by atoms with Crippen LogP contribution in [0.5, 0.6) is 0 Å². The van der Waals surface area contributed by atoms with Crippen molar-refractivity contribution in [1.82, 2.24) is 0 Å². The molecule has 0 saturated heterocycles. The fraction of sp³-hybridized carbons (Fsp3) is 0.571. The number of benzene rings is 1. The smallest absolute Gasteiger partial charge is 0.129 e. The van der Waals surface area contributed by atoms with Crippen LogP contribution in [0.15, 0.2) is 24.3 Å². The number of hydrogen-bond acceptors (Lipinski definition) is 2. The van der Waals surface area contributed by atoms with Crippen molar-refractivity contribution in [1.29, 1.82) is 0 Å². The van der Waals surface area contributed by atoms with Crippen molar-refractivity contribution >= 4 is 0 Å². The molecule has 0 spiro atoms. The molecule has 96 valence electrons. The Bertz CT molecular complexity index is 357. The van der Waals surface area contributed by atoms with Gasteiger partial charge in [-0.05, 0) is 18.4 Å². The zero-order chi connectivity index (χ0) is 13.1. The van der Waals surface area contributed by atoms with E-state index in [2.05, 4.69) is 0 Å². The van der Waals surface area contributed by atoms with Gasteiger partial charge in [0.25, 0.3) is 0 Å². The Morgan fingerprint density at radius 2 is 1.88 bits per heavy atom. The first-order chi connectivity index (χ1) is 7.88. The van der Waals surface area contributed by atoms with E-state index in [1.165, 1.54) is 6.07 Å². The largest absolute Gasteiger partial charge is 0.386 e. The third-order valence-corrected chi connectivity index (χ3v) is 2.71. The lowest BCUT2D eigenvalue weighted by molar-refractivity contribution is -0.0908. The van der Waals surface area contributed by atoms with Crippen LogP contribution in [0.1, 0.15) is 39.4 Å². The van der Waals surface area contributed by atoms with E-state index >= 15 is 0 Å². The molecule has 0 fully saturated rings. The average Bonchev–Trinajstić information content (AvgIpc) is 2.24. The predicted molar refractivity (Wildman–Crippen MR) is 66.2 cm³/mol. The third kappa shape index (κ3) is 3.51. The summed E-state index contributed by atoms with van der Waals surface area (Å²) in [4.78, 5) is 0. The van der Waals surface area contributed by atoms with Gasteiger partial charge in [-0.25, -0.2) is 4.39 Å². The topological polar surface area (TPSA) is 29.5 Å². The molecular formula is C14H21FO2. The molecule has 3 heteroatoms. The average molecular weight is 240 g/mol. The number of ether oxygens (including phenoxy) is 1. The van der Waals surface area contributed by atoms with Crippen LogP contribution in [0.4, 0.5) is 4.39 Å². The molecular weight excluding hydrogens is 219 g/mol. The number of aliphatic hydroxyl groups is 1. The third-order valence-electron chi connectivity index (χ3n) is 2.71. The molecule has 2 nitrogen and oxygen atoms in total. The van der Waals surface area contributed by atoms with Gasteiger partial charge >= 0.3 is 0 Å². The standard InChI is InChI=1S/C14H21FO2/c1-5-17-13(14(2,3)4)12(16)10-8-6-7-9-11(10)15/h6-9,12-13,16H,5H2,1-4H3. The minimum Gasteiger partial charge on any atom is -0.386 e. The van der Waals surface area contributed by atoms with Crippen LogP contribution in [0.2, 0.25) is 0 Å². The number of halogens is 1. The van der Waals surface area contributed by atoms with Gasteiger partial charge in [-0.1, -0.05) is 39.0 Å². The first-order valence-corrected chi connectivity index (χ1v) is 5.92. The van der Waals surface area contributed by atoms with Crippen LogP contribution in [-0.2, 0) is 4.74 Å². The van der Waals surface area contributed by atoms with Gasteiger partial charge in [-0.3, -0.25) is 0 Å². The van der Waals surface area contributed by atoms with Crippen LogP contribution >= 0.6 is 0 Å². The summed E-state index contributed by atoms with van der Waals surface area (Å²) in [5.74, 6) is -0.394. The Morgan fingerprint density at radius 3 is 2.35 bits per heavy atom. The molecule has 0 aliphatic carbocycles. The van der Waals surface area contributed by atoms with E-state index in [1.807, 2.05) is 27.7 Å². The minimum absolute atomic E-state index is 0.252. The van der Waals surface area contributed by atoms with Crippen LogP contribution < -0.4 is 0 Å². The van der Waals surface area contributed by atoms with Gasteiger partial charge in [-0.15, -0.1) is 0 Å². The molecule has 1 N–H and O–H groups in total. The lowest BCUT2D eigenvalue weighted by Gasteiger charge is -2.34. The lowest BCUT2D eigenvalue weighted by atomic mass is 9.83. The van der Waals surface area contributed by atoms with Gasteiger partial charge in [0.15, 0.2) is 0 Å². The summed E-state index contributed by atoms with van der Waals surface area (Å²) in [5.41, 5.74) is 0.0402. The second kappa shape index (κ2) is 5.61. The van der Waals surface area contributed by atoms with Crippen LogP contribution in [-0.4, -0.2) is 17.8 Å². The van der Waals surface area contributed by atoms with Crippen molar-refractivity contribution in [3.05, 3.63) is 35.6 Å². The maximum Gasteiger partial charge on any atom is 0.129 e. The molecule has 0 radical (unpaired) electrons. The zero-order valence-corrected chi connectivity index (χ0v) is 10.9. The Kier molecular flexibility index (Phi) is 4.66. The van der Waals surface area contributed by atoms with Crippen molar-refractivity contribution in [2.75, 3.05) is 6.61 Å². The van der Waals surface area contributed by atoms with Crippen LogP contribution in [0.3, 0.4) is 0 Å². The van der Waals surface area contributed by atoms with Crippen molar-refractivity contribution < 1.29 is 14.2 Å². The van der Waals surface area contributed by atoms with Crippen molar-refractivity contribution in [3.8, 4) is 0 Å². The van der Waals surface area contributed by atoms with E-state index in [-0.39, 0.29) is 5.41 Å². The quantitative estimate of drug-likeness (QED) is 0.875. The Hall–Kier alpha value is -0.930. The molecule has 0 amide bonds. The molecule has 1 aromatic rings. The molecule has 0 bridgehead atoms. The van der Waals surface area contributed by atoms with E-state index in [4.69, 9.17) is 4.74 Å². The summed E-state index contributed by atoms with van der Waals surface area (Å²) in [5, 5.41) is 10.3. The summed E-state index contributed by atoms with van der Waals surface area (Å²) in [7, 11) is 0. The van der Waals surface area contributed by atoms with Gasteiger partial charge in [0.2, 0.25) is 0 Å². The number of rotatable bonds is 4. The van der Waals surface area contributed by atoms with Crippen molar-refractivity contribution in [2.24, 2.45) is 5.41 Å². The van der Waals surface area contributed by atoms with Gasteiger partial charge in [0, 0.05) is 12.2 Å². The summed E-state index contributed by atoms with van der Waals surface area (Å²) in [6.07, 6.45) is -1.37. The zero-order valence-electron chi connectivity index (χ0n) is 10.9. The Morgan fingerprint density at radius 1 is 1.29 bits per heavy atom. The maximum atomic E-state index is 13.6. The summed E-state index contributed by atoms with van der Waals surface area (Å²) < 4.78 is 19.2. The normalized spacial score (nSPS) is 15.6. The molecule has 2 atom stereocenters. The van der Waals surface area contributed by atoms with Crippen molar-refractivity contribution in [2.45, 2.75) is 39.9 Å². The molecule has 0 saturated carbocycles. The monoisotopic (exact) mass is 240 g/mol. The molecule has 2 unspecified atom stereocenters. The van der Waals surface area contributed by atoms with Gasteiger partial charge in [-0.2, -0.15) is 0 Å². The summed E-state index contributed by atoms with van der Waals surface area (Å²) in [6, 6.07) is 6.27. The molecule has 17 heavy (non-hydrogen) atoms. The van der Waals surface area contributed by atoms with E-state index in [0.717, 1.165) is 0 Å². The summed E-state index contributed by atoms with van der Waals surface area (Å²) >= 11 is 0. The first kappa shape index (κ1) is 14.1. The fourth-order valence-corrected chi connectivity index (χ4v) is 1.87. The van der Waals surface area contributed by atoms with E-state index < -0.39 is 18.0 Å². The highest BCUT2D eigenvalue weighted by molar-refractivity contribution is 5.21. The Labute approximate surface area is 102 Å². The predicted octanol–water partition coefficient (Wildman–Crippen LogP) is 3.31. The van der Waals surface area contributed by atoms with Crippen LogP contribution in [0, 0.1) is 11.2 Å². The SMILES string of the molecule is CCOC(C(O)c1ccccc1F)C(C)(C)C. The lowest BCUT2D eigenvalue weighted by Crippen LogP contribution is -2.35. The van der Waals surface area contributed by atoms with Gasteiger partial charge in [0.1, 0.15) is 11.9 Å². The van der Waals surface area contributed by atoms with E-state index in [9.17, 15) is 9.50 Å². The number of aliphatic hydroxyl groups excluding tert-OH is 1. The summed E-state index contributed by atoms with van der Waals surface area (Å²) in [6.45, 7) is 8.27. The Balaban J connectivity index is 3.00. The van der Waals surface area contributed by atoms with Crippen molar-refractivity contribution in [3.63, 3.8) is 0 Å². The molecule has 1 rings (SSSR count). The molecule has 0 aliphatic heterocycles.